The van der Waals surface area contributed by atoms with Crippen molar-refractivity contribution in [2.75, 3.05) is 0 Å². The van der Waals surface area contributed by atoms with E-state index in [-0.39, 0.29) is 0 Å². The fourth-order valence-electron chi connectivity index (χ4n) is 1.56. The minimum Gasteiger partial charge on any atom is -0.386 e. The molecule has 1 atom stereocenters. The van der Waals surface area contributed by atoms with Gasteiger partial charge in [-0.2, -0.15) is 5.10 Å². The summed E-state index contributed by atoms with van der Waals surface area (Å²) in [5.74, 6) is 0. The highest BCUT2D eigenvalue weighted by Crippen LogP contribution is 2.14. The summed E-state index contributed by atoms with van der Waals surface area (Å²) in [5.41, 5.74) is 1.43. The Labute approximate surface area is 100 Å². The third-order valence-corrected chi connectivity index (χ3v) is 2.52. The van der Waals surface area contributed by atoms with Crippen molar-refractivity contribution in [2.45, 2.75) is 32.4 Å². The topological polar surface area (TPSA) is 63.8 Å². The Bertz CT molecular complexity index is 466. The molecule has 2 rings (SSSR count). The van der Waals surface area contributed by atoms with Crippen molar-refractivity contribution in [3.8, 4) is 0 Å². The lowest BCUT2D eigenvalue weighted by Gasteiger charge is -2.07. The van der Waals surface area contributed by atoms with Crippen LogP contribution in [0.5, 0.6) is 0 Å². The number of nitrogens with zero attached hydrogens (tertiary/aromatic N) is 4. The molecule has 0 aliphatic heterocycles. The molecule has 0 amide bonds. The van der Waals surface area contributed by atoms with Gasteiger partial charge in [0.15, 0.2) is 0 Å². The van der Waals surface area contributed by atoms with Crippen molar-refractivity contribution < 1.29 is 5.11 Å². The monoisotopic (exact) mass is 232 g/mol. The minimum absolute atomic E-state index is 0.331. The van der Waals surface area contributed by atoms with Crippen LogP contribution in [0.1, 0.15) is 37.4 Å². The fourth-order valence-corrected chi connectivity index (χ4v) is 1.56. The molecular formula is C12H16N4O. The summed E-state index contributed by atoms with van der Waals surface area (Å²) in [6, 6.07) is 2.25. The van der Waals surface area contributed by atoms with E-state index in [2.05, 4.69) is 28.9 Å². The van der Waals surface area contributed by atoms with Crippen LogP contribution in [-0.2, 0) is 6.42 Å². The maximum Gasteiger partial charge on any atom is 0.103 e. The molecule has 0 radical (unpaired) electrons. The van der Waals surface area contributed by atoms with Gasteiger partial charge in [0.1, 0.15) is 6.10 Å². The van der Waals surface area contributed by atoms with Crippen LogP contribution in [0.2, 0.25) is 0 Å². The van der Waals surface area contributed by atoms with E-state index in [1.807, 2.05) is 16.9 Å². The third kappa shape index (κ3) is 2.88. The summed E-state index contributed by atoms with van der Waals surface area (Å²) in [6.45, 7) is 4.13. The first kappa shape index (κ1) is 11.7. The molecule has 1 unspecified atom stereocenters. The molecule has 2 aromatic rings. The Hall–Kier alpha value is -1.75. The molecular weight excluding hydrogens is 216 g/mol. The van der Waals surface area contributed by atoms with Gasteiger partial charge < -0.3 is 5.11 Å². The number of aromatic nitrogens is 4. The Morgan fingerprint density at radius 1 is 1.35 bits per heavy atom. The number of rotatable bonds is 4. The lowest BCUT2D eigenvalue weighted by molar-refractivity contribution is 0.171. The molecule has 0 aliphatic carbocycles. The highest BCUT2D eigenvalue weighted by molar-refractivity contribution is 5.07. The van der Waals surface area contributed by atoms with Crippen LogP contribution in [0, 0.1) is 0 Å². The molecule has 90 valence electrons. The molecule has 5 heteroatoms. The first-order chi connectivity index (χ1) is 8.16. The van der Waals surface area contributed by atoms with Crippen LogP contribution in [0.25, 0.3) is 0 Å². The molecule has 17 heavy (non-hydrogen) atoms. The number of hydrogen-bond donors (Lipinski definition) is 1. The zero-order valence-corrected chi connectivity index (χ0v) is 9.98. The number of aliphatic hydroxyl groups excluding tert-OH is 1. The zero-order chi connectivity index (χ0) is 12.3. The predicted molar refractivity (Wildman–Crippen MR) is 63.3 cm³/mol. The van der Waals surface area contributed by atoms with E-state index < -0.39 is 6.10 Å². The van der Waals surface area contributed by atoms with Crippen molar-refractivity contribution in [3.05, 3.63) is 42.2 Å². The van der Waals surface area contributed by atoms with E-state index in [0.29, 0.717) is 18.2 Å². The van der Waals surface area contributed by atoms with Crippen molar-refractivity contribution in [2.24, 2.45) is 0 Å². The Kier molecular flexibility index (Phi) is 3.49. The number of aliphatic hydroxyl groups is 1. The highest BCUT2D eigenvalue weighted by atomic mass is 16.3. The van der Waals surface area contributed by atoms with Gasteiger partial charge in [0.2, 0.25) is 0 Å². The van der Waals surface area contributed by atoms with E-state index in [1.165, 1.54) is 0 Å². The normalized spacial score (nSPS) is 12.9. The molecule has 5 nitrogen and oxygen atoms in total. The van der Waals surface area contributed by atoms with Crippen LogP contribution < -0.4 is 0 Å². The van der Waals surface area contributed by atoms with Crippen LogP contribution in [-0.4, -0.2) is 24.9 Å². The van der Waals surface area contributed by atoms with Gasteiger partial charge in [0, 0.05) is 31.1 Å². The second-order valence-corrected chi connectivity index (χ2v) is 4.23. The fraction of sp³-hybridized carbons (Fsp3) is 0.417. The summed E-state index contributed by atoms with van der Waals surface area (Å²) >= 11 is 0. The van der Waals surface area contributed by atoms with E-state index in [1.54, 1.807) is 18.6 Å². The predicted octanol–water partition coefficient (Wildman–Crippen LogP) is 1.53. The van der Waals surface area contributed by atoms with Gasteiger partial charge in [0.05, 0.1) is 17.6 Å². The molecule has 0 aliphatic rings. The van der Waals surface area contributed by atoms with Crippen molar-refractivity contribution in [1.29, 1.82) is 0 Å². The summed E-state index contributed by atoms with van der Waals surface area (Å²) in [7, 11) is 0. The summed E-state index contributed by atoms with van der Waals surface area (Å²) in [6.07, 6.45) is 6.46. The summed E-state index contributed by atoms with van der Waals surface area (Å²) in [4.78, 5) is 8.00. The largest absolute Gasteiger partial charge is 0.386 e. The van der Waals surface area contributed by atoms with Gasteiger partial charge in [-0.05, 0) is 19.9 Å². The standard InChI is InChI=1S/C12H16N4O/c1-9(2)16-6-3-10(15-16)7-12(17)11-8-13-4-5-14-11/h3-6,8-9,12,17H,7H2,1-2H3. The maximum atomic E-state index is 9.97. The first-order valence-electron chi connectivity index (χ1n) is 5.65. The van der Waals surface area contributed by atoms with E-state index in [4.69, 9.17) is 0 Å². The molecule has 0 fully saturated rings. The maximum absolute atomic E-state index is 9.97. The van der Waals surface area contributed by atoms with Crippen molar-refractivity contribution in [3.63, 3.8) is 0 Å². The van der Waals surface area contributed by atoms with Crippen LogP contribution in [0.4, 0.5) is 0 Å². The Morgan fingerprint density at radius 3 is 2.76 bits per heavy atom. The molecule has 1 N–H and O–H groups in total. The minimum atomic E-state index is -0.654. The Morgan fingerprint density at radius 2 is 2.18 bits per heavy atom. The van der Waals surface area contributed by atoms with Gasteiger partial charge in [0.25, 0.3) is 0 Å². The third-order valence-electron chi connectivity index (χ3n) is 2.52. The molecule has 0 saturated carbocycles. The highest BCUT2D eigenvalue weighted by Gasteiger charge is 2.12. The molecule has 0 aromatic carbocycles. The SMILES string of the molecule is CC(C)n1ccc(CC(O)c2cnccn2)n1. The van der Waals surface area contributed by atoms with E-state index in [0.717, 1.165) is 5.69 Å². The second kappa shape index (κ2) is 5.05. The van der Waals surface area contributed by atoms with Crippen LogP contribution in [0.3, 0.4) is 0 Å². The number of hydrogen-bond acceptors (Lipinski definition) is 4. The average molecular weight is 232 g/mol. The molecule has 2 aromatic heterocycles. The Balaban J connectivity index is 2.05. The van der Waals surface area contributed by atoms with Crippen molar-refractivity contribution >= 4 is 0 Å². The average Bonchev–Trinajstić information content (AvgIpc) is 2.79. The van der Waals surface area contributed by atoms with E-state index in [9.17, 15) is 5.11 Å². The van der Waals surface area contributed by atoms with Crippen LogP contribution in [0.15, 0.2) is 30.9 Å². The lowest BCUT2D eigenvalue weighted by Crippen LogP contribution is -2.06. The van der Waals surface area contributed by atoms with Crippen LogP contribution >= 0.6 is 0 Å². The second-order valence-electron chi connectivity index (χ2n) is 4.23. The van der Waals surface area contributed by atoms with Gasteiger partial charge in [-0.3, -0.25) is 14.6 Å². The zero-order valence-electron chi connectivity index (χ0n) is 9.98. The lowest BCUT2D eigenvalue weighted by atomic mass is 10.1. The van der Waals surface area contributed by atoms with Gasteiger partial charge in [-0.15, -0.1) is 0 Å². The molecule has 0 bridgehead atoms. The van der Waals surface area contributed by atoms with E-state index >= 15 is 0 Å². The quantitative estimate of drug-likeness (QED) is 0.868. The van der Waals surface area contributed by atoms with Gasteiger partial charge >= 0.3 is 0 Å². The summed E-state index contributed by atoms with van der Waals surface area (Å²) < 4.78 is 1.87. The van der Waals surface area contributed by atoms with Gasteiger partial charge in [-0.25, -0.2) is 0 Å². The first-order valence-corrected chi connectivity index (χ1v) is 5.65. The van der Waals surface area contributed by atoms with Crippen molar-refractivity contribution in [1.82, 2.24) is 19.7 Å². The molecule has 0 spiro atoms. The summed E-state index contributed by atoms with van der Waals surface area (Å²) in [5, 5.41) is 14.4. The molecule has 2 heterocycles. The molecule has 0 saturated heterocycles. The smallest absolute Gasteiger partial charge is 0.103 e. The van der Waals surface area contributed by atoms with Gasteiger partial charge in [-0.1, -0.05) is 0 Å².